The Bertz CT molecular complexity index is 1520. The van der Waals surface area contributed by atoms with Crippen molar-refractivity contribution >= 4 is 12.6 Å². The molecule has 1 saturated heterocycles. The molecule has 0 bridgehead atoms. The Hall–Kier alpha value is -3.55. The van der Waals surface area contributed by atoms with Crippen molar-refractivity contribution in [1.29, 1.82) is 0 Å². The minimum atomic E-state index is -4.40. The monoisotopic (exact) mass is 528 g/mol. The van der Waals surface area contributed by atoms with E-state index < -0.39 is 30.1 Å². The van der Waals surface area contributed by atoms with Crippen LogP contribution < -0.4 is 10.2 Å². The Morgan fingerprint density at radius 3 is 2.03 bits per heavy atom. The van der Waals surface area contributed by atoms with Gasteiger partial charge in [0.15, 0.2) is 0 Å². The highest BCUT2D eigenvalue weighted by Crippen LogP contribution is 2.47. The highest BCUT2D eigenvalue weighted by Gasteiger charge is 2.51. The number of fused-ring (bicyclic) bond motifs is 3. The van der Waals surface area contributed by atoms with Crippen LogP contribution in [-0.4, -0.2) is 18.3 Å². The topological polar surface area (TPSA) is 27.7 Å². The second kappa shape index (κ2) is 9.00. The predicted octanol–water partition coefficient (Wildman–Crippen LogP) is 8.04. The van der Waals surface area contributed by atoms with Crippen molar-refractivity contribution < 1.29 is 27.2 Å². The van der Waals surface area contributed by atoms with Gasteiger partial charge in [0.25, 0.3) is 0 Å². The van der Waals surface area contributed by atoms with Crippen molar-refractivity contribution in [2.75, 3.05) is 0 Å². The van der Waals surface area contributed by atoms with Crippen molar-refractivity contribution in [3.05, 3.63) is 102 Å². The normalized spacial score (nSPS) is 17.2. The third-order valence-electron chi connectivity index (χ3n) is 8.08. The Labute approximate surface area is 226 Å². The molecule has 4 aromatic carbocycles. The third kappa shape index (κ3) is 4.54. The van der Waals surface area contributed by atoms with Crippen LogP contribution in [0.2, 0.25) is 0 Å². The molecule has 1 aliphatic heterocycles. The number of hydrogen-bond donors (Lipinski definition) is 0. The zero-order chi connectivity index (χ0) is 27.6. The van der Waals surface area contributed by atoms with Crippen molar-refractivity contribution in [3.63, 3.8) is 0 Å². The quantitative estimate of drug-likeness (QED) is 0.221. The summed E-state index contributed by atoms with van der Waals surface area (Å²) < 4.78 is 57.9. The van der Waals surface area contributed by atoms with Gasteiger partial charge in [0.2, 0.25) is 0 Å². The van der Waals surface area contributed by atoms with Gasteiger partial charge in [-0.05, 0) is 97.7 Å². The van der Waals surface area contributed by atoms with Crippen LogP contribution in [0.5, 0.6) is 11.5 Å². The van der Waals surface area contributed by atoms with Crippen molar-refractivity contribution in [1.82, 2.24) is 0 Å². The maximum Gasteiger partial charge on any atom is 0.494 e. The van der Waals surface area contributed by atoms with Crippen LogP contribution in [0, 0.1) is 0 Å². The summed E-state index contributed by atoms with van der Waals surface area (Å²) in [7, 11) is -0.474. The first-order valence-electron chi connectivity index (χ1n) is 13.0. The molecule has 0 unspecified atom stereocenters. The number of benzene rings is 4. The fourth-order valence-corrected chi connectivity index (χ4v) is 5.22. The van der Waals surface area contributed by atoms with Crippen LogP contribution in [0.3, 0.4) is 0 Å². The predicted molar refractivity (Wildman–Crippen MR) is 147 cm³/mol. The highest BCUT2D eigenvalue weighted by atomic mass is 19.4. The van der Waals surface area contributed by atoms with Gasteiger partial charge >= 0.3 is 13.3 Å². The maximum atomic E-state index is 13.1. The second-order valence-electron chi connectivity index (χ2n) is 11.1. The van der Waals surface area contributed by atoms with Gasteiger partial charge in [0.1, 0.15) is 11.5 Å². The van der Waals surface area contributed by atoms with Crippen molar-refractivity contribution in [2.24, 2.45) is 0 Å². The molecule has 0 spiro atoms. The van der Waals surface area contributed by atoms with Gasteiger partial charge in [-0.25, -0.2) is 0 Å². The molecule has 6 rings (SSSR count). The van der Waals surface area contributed by atoms with E-state index in [2.05, 4.69) is 12.1 Å². The van der Waals surface area contributed by atoms with E-state index in [9.17, 15) is 13.2 Å². The summed E-state index contributed by atoms with van der Waals surface area (Å²) in [5, 5.41) is 0. The van der Waals surface area contributed by atoms with E-state index >= 15 is 0 Å². The minimum absolute atomic E-state index is 0.341. The molecule has 1 aliphatic carbocycles. The lowest BCUT2D eigenvalue weighted by atomic mass is 9.78. The Balaban J connectivity index is 1.39. The maximum absolute atomic E-state index is 13.1. The summed E-state index contributed by atoms with van der Waals surface area (Å²) in [5.74, 6) is 0.929. The first-order valence-corrected chi connectivity index (χ1v) is 13.0. The lowest BCUT2D eigenvalue weighted by Crippen LogP contribution is -2.41. The summed E-state index contributed by atoms with van der Waals surface area (Å²) in [6, 6.07) is 25.1. The van der Waals surface area contributed by atoms with Gasteiger partial charge in [-0.1, -0.05) is 54.6 Å². The fourth-order valence-electron chi connectivity index (χ4n) is 5.22. The number of alkyl halides is 3. The van der Waals surface area contributed by atoms with E-state index in [1.54, 1.807) is 0 Å². The van der Waals surface area contributed by atoms with Crippen LogP contribution in [0.4, 0.5) is 13.2 Å². The molecule has 1 fully saturated rings. The first-order chi connectivity index (χ1) is 18.4. The fraction of sp³-hybridized carbons (Fsp3) is 0.250. The second-order valence-corrected chi connectivity index (χ2v) is 11.1. The molecule has 0 radical (unpaired) electrons. The van der Waals surface area contributed by atoms with Gasteiger partial charge in [0, 0.05) is 5.56 Å². The largest absolute Gasteiger partial charge is 0.494 e. The molecule has 0 saturated carbocycles. The third-order valence-corrected chi connectivity index (χ3v) is 8.08. The number of halogens is 3. The van der Waals surface area contributed by atoms with E-state index in [1.165, 1.54) is 23.3 Å². The average Bonchev–Trinajstić information content (AvgIpc) is 3.36. The lowest BCUT2D eigenvalue weighted by molar-refractivity contribution is -0.137. The molecule has 7 heteroatoms. The summed E-state index contributed by atoms with van der Waals surface area (Å²) in [5.41, 5.74) is 5.87. The molecule has 2 aliphatic rings. The van der Waals surface area contributed by atoms with E-state index in [1.807, 2.05) is 76.2 Å². The summed E-state index contributed by atoms with van der Waals surface area (Å²) in [4.78, 5) is 0. The summed E-state index contributed by atoms with van der Waals surface area (Å²) >= 11 is 0. The molecule has 0 aromatic heterocycles. The standard InChI is InChI=1S/C32H28BF3O3/c1-30(2)31(3,4)39-33(38-30)23-13-9-20(10-14-23)29-27-19-21-7-5-6-8-25(21)26(27)17-18-28(29)37-24-15-11-22(12-16-24)32(34,35)36/h5-18H,19H2,1-4H3. The van der Waals surface area contributed by atoms with Crippen molar-refractivity contribution in [3.8, 4) is 33.8 Å². The molecule has 198 valence electrons. The molecule has 0 atom stereocenters. The zero-order valence-corrected chi connectivity index (χ0v) is 22.2. The summed E-state index contributed by atoms with van der Waals surface area (Å²) in [6.45, 7) is 8.10. The van der Waals surface area contributed by atoms with Gasteiger partial charge in [-0.2, -0.15) is 13.2 Å². The van der Waals surface area contributed by atoms with Crippen LogP contribution in [0.15, 0.2) is 84.9 Å². The number of rotatable bonds is 4. The molecule has 4 aromatic rings. The molecular formula is C32H28BF3O3. The highest BCUT2D eigenvalue weighted by molar-refractivity contribution is 6.62. The van der Waals surface area contributed by atoms with Crippen LogP contribution in [0.25, 0.3) is 22.3 Å². The number of hydrogen-bond acceptors (Lipinski definition) is 3. The molecule has 39 heavy (non-hydrogen) atoms. The molecule has 3 nitrogen and oxygen atoms in total. The van der Waals surface area contributed by atoms with Gasteiger partial charge in [-0.3, -0.25) is 0 Å². The van der Waals surface area contributed by atoms with E-state index in [0.29, 0.717) is 11.5 Å². The van der Waals surface area contributed by atoms with Crippen LogP contribution in [-0.2, 0) is 21.9 Å². The van der Waals surface area contributed by atoms with E-state index in [0.717, 1.165) is 46.3 Å². The zero-order valence-electron chi connectivity index (χ0n) is 22.2. The average molecular weight is 528 g/mol. The summed E-state index contributed by atoms with van der Waals surface area (Å²) in [6.07, 6.45) is -3.66. The first kappa shape index (κ1) is 25.7. The van der Waals surface area contributed by atoms with Gasteiger partial charge in [-0.15, -0.1) is 0 Å². The lowest BCUT2D eigenvalue weighted by Gasteiger charge is -2.32. The number of ether oxygens (including phenoxy) is 1. The van der Waals surface area contributed by atoms with Crippen molar-refractivity contribution in [2.45, 2.75) is 51.5 Å². The van der Waals surface area contributed by atoms with Gasteiger partial charge < -0.3 is 14.0 Å². The minimum Gasteiger partial charge on any atom is -0.457 e. The van der Waals surface area contributed by atoms with Crippen LogP contribution in [0.1, 0.15) is 44.4 Å². The Morgan fingerprint density at radius 1 is 0.744 bits per heavy atom. The molecule has 1 heterocycles. The molecular weight excluding hydrogens is 500 g/mol. The smallest absolute Gasteiger partial charge is 0.457 e. The van der Waals surface area contributed by atoms with Gasteiger partial charge in [0.05, 0.1) is 16.8 Å². The molecule has 0 amide bonds. The van der Waals surface area contributed by atoms with E-state index in [4.69, 9.17) is 14.0 Å². The Morgan fingerprint density at radius 2 is 1.38 bits per heavy atom. The molecule has 0 N–H and O–H groups in total. The van der Waals surface area contributed by atoms with E-state index in [-0.39, 0.29) is 0 Å². The SMILES string of the molecule is CC1(C)OB(c2ccc(-c3c(Oc4ccc(C(F)(F)F)cc4)ccc4c3Cc3ccccc3-4)cc2)OC1(C)C. The van der Waals surface area contributed by atoms with Crippen LogP contribution >= 0.6 is 0 Å². The Kier molecular flexibility index (Phi) is 5.94.